The van der Waals surface area contributed by atoms with Gasteiger partial charge in [-0.05, 0) is 0 Å². The SMILES string of the molecule is CC1=C(C)C(C)[C]([Zr+2](=[C](C)C)[CH]2c3ccccc3-c3ccccc32)=C1C.[Cl-].[Cl-]. The Kier molecular flexibility index (Phi) is 7.52. The molecule has 3 heteroatoms. The van der Waals surface area contributed by atoms with Gasteiger partial charge in [0.25, 0.3) is 0 Å². The van der Waals surface area contributed by atoms with E-state index in [1.54, 1.807) is 31.1 Å². The van der Waals surface area contributed by atoms with Crippen LogP contribution in [-0.2, 0) is 21.3 Å². The van der Waals surface area contributed by atoms with Crippen LogP contribution in [0.2, 0.25) is 0 Å². The molecule has 28 heavy (non-hydrogen) atoms. The second kappa shape index (κ2) is 8.95. The molecule has 0 saturated heterocycles. The zero-order chi connectivity index (χ0) is 18.6. The molecular formula is C25H28Cl2Zr. The molecule has 146 valence electrons. The minimum absolute atomic E-state index is 0. The van der Waals surface area contributed by atoms with Crippen LogP contribution in [0.3, 0.4) is 0 Å². The molecule has 0 aliphatic heterocycles. The maximum absolute atomic E-state index is 2.45. The van der Waals surface area contributed by atoms with Gasteiger partial charge in [-0.2, -0.15) is 0 Å². The van der Waals surface area contributed by atoms with Crippen molar-refractivity contribution in [3.05, 3.63) is 79.7 Å². The van der Waals surface area contributed by atoms with Crippen LogP contribution < -0.4 is 24.8 Å². The van der Waals surface area contributed by atoms with Crippen molar-refractivity contribution in [2.45, 2.75) is 45.2 Å². The second-order valence-electron chi connectivity index (χ2n) is 8.09. The van der Waals surface area contributed by atoms with Gasteiger partial charge in [0.15, 0.2) is 0 Å². The minimum Gasteiger partial charge on any atom is -1.00 e. The molecule has 0 nitrogen and oxygen atoms in total. The first-order valence-corrected chi connectivity index (χ1v) is 13.6. The van der Waals surface area contributed by atoms with E-state index in [2.05, 4.69) is 90.1 Å². The molecule has 0 N–H and O–H groups in total. The number of hydrogen-bond donors (Lipinski definition) is 0. The summed E-state index contributed by atoms with van der Waals surface area (Å²) in [7, 11) is 0. The maximum Gasteiger partial charge on any atom is -1.00 e. The topological polar surface area (TPSA) is 0 Å². The summed E-state index contributed by atoms with van der Waals surface area (Å²) in [6.07, 6.45) is 0. The van der Waals surface area contributed by atoms with Crippen LogP contribution in [0.1, 0.15) is 56.3 Å². The number of fused-ring (bicyclic) bond motifs is 3. The van der Waals surface area contributed by atoms with Crippen LogP contribution in [0.4, 0.5) is 0 Å². The van der Waals surface area contributed by atoms with Gasteiger partial charge in [0.2, 0.25) is 0 Å². The largest absolute Gasteiger partial charge is 1.00 e. The summed E-state index contributed by atoms with van der Waals surface area (Å²) >= 11 is -2.07. The maximum atomic E-state index is 2.45. The number of benzene rings is 2. The Morgan fingerprint density at radius 1 is 0.750 bits per heavy atom. The second-order valence-corrected chi connectivity index (χ2v) is 15.3. The molecule has 0 bridgehead atoms. The third kappa shape index (κ3) is 3.49. The fraction of sp³-hybridized carbons (Fsp3) is 0.320. The Balaban J connectivity index is 0.00000140. The van der Waals surface area contributed by atoms with Gasteiger partial charge in [0.1, 0.15) is 0 Å². The number of rotatable bonds is 2. The van der Waals surface area contributed by atoms with E-state index < -0.39 is 21.3 Å². The van der Waals surface area contributed by atoms with Crippen molar-refractivity contribution in [1.82, 2.24) is 0 Å². The molecule has 1 unspecified atom stereocenters. The average Bonchev–Trinajstić information content (AvgIpc) is 3.06. The number of hydrogen-bond acceptors (Lipinski definition) is 0. The Morgan fingerprint density at radius 2 is 1.21 bits per heavy atom. The molecular weight excluding hydrogens is 462 g/mol. The normalized spacial score (nSPS) is 17.4. The summed E-state index contributed by atoms with van der Waals surface area (Å²) in [5.74, 6) is 0.624. The molecule has 0 fully saturated rings. The molecule has 0 spiro atoms. The molecule has 2 aromatic rings. The molecule has 1 atom stereocenters. The fourth-order valence-corrected chi connectivity index (χ4v) is 14.4. The predicted molar refractivity (Wildman–Crippen MR) is 110 cm³/mol. The van der Waals surface area contributed by atoms with E-state index in [1.165, 1.54) is 11.1 Å². The van der Waals surface area contributed by atoms with Crippen LogP contribution >= 0.6 is 0 Å². The summed E-state index contributed by atoms with van der Waals surface area (Å²) in [5, 5.41) is 0. The van der Waals surface area contributed by atoms with Crippen molar-refractivity contribution in [2.24, 2.45) is 5.92 Å². The quantitative estimate of drug-likeness (QED) is 0.586. The molecule has 0 aromatic heterocycles. The van der Waals surface area contributed by atoms with Crippen molar-refractivity contribution in [3.63, 3.8) is 0 Å². The van der Waals surface area contributed by atoms with E-state index in [0.717, 1.165) is 0 Å². The van der Waals surface area contributed by atoms with Crippen LogP contribution in [0.25, 0.3) is 11.1 Å². The summed E-state index contributed by atoms with van der Waals surface area (Å²) in [4.78, 5) is 0. The van der Waals surface area contributed by atoms with Crippen LogP contribution in [-0.4, -0.2) is 3.21 Å². The fourth-order valence-electron chi connectivity index (χ4n) is 4.98. The van der Waals surface area contributed by atoms with Gasteiger partial charge in [0.05, 0.1) is 0 Å². The monoisotopic (exact) mass is 488 g/mol. The van der Waals surface area contributed by atoms with Gasteiger partial charge in [-0.25, -0.2) is 0 Å². The molecule has 0 amide bonds. The Bertz CT molecular complexity index is 961. The van der Waals surface area contributed by atoms with Crippen molar-refractivity contribution < 1.29 is 46.1 Å². The van der Waals surface area contributed by atoms with Crippen molar-refractivity contribution in [1.29, 1.82) is 0 Å². The summed E-state index contributed by atoms with van der Waals surface area (Å²) in [5.41, 5.74) is 10.9. The van der Waals surface area contributed by atoms with Gasteiger partial charge < -0.3 is 24.8 Å². The van der Waals surface area contributed by atoms with E-state index >= 15 is 0 Å². The summed E-state index contributed by atoms with van der Waals surface area (Å²) in [6.45, 7) is 14.3. The van der Waals surface area contributed by atoms with Gasteiger partial charge >= 0.3 is 166 Å². The van der Waals surface area contributed by atoms with E-state index in [4.69, 9.17) is 0 Å². The molecule has 2 aliphatic rings. The van der Waals surface area contributed by atoms with Gasteiger partial charge in [-0.1, -0.05) is 0 Å². The van der Waals surface area contributed by atoms with Crippen molar-refractivity contribution in [2.75, 3.05) is 0 Å². The Labute approximate surface area is 190 Å². The minimum atomic E-state index is -2.07. The van der Waals surface area contributed by atoms with E-state index in [9.17, 15) is 0 Å². The number of allylic oxidation sites excluding steroid dienone is 4. The first-order valence-electron chi connectivity index (χ1n) is 9.68. The summed E-state index contributed by atoms with van der Waals surface area (Å²) in [6, 6.07) is 18.3. The Hall–Kier alpha value is -0.747. The van der Waals surface area contributed by atoms with Crippen molar-refractivity contribution >= 4 is 3.21 Å². The molecule has 0 heterocycles. The molecule has 2 aromatic carbocycles. The molecule has 2 aliphatic carbocycles. The van der Waals surface area contributed by atoms with E-state index in [1.807, 2.05) is 3.28 Å². The first kappa shape index (κ1) is 23.5. The zero-order valence-corrected chi connectivity index (χ0v) is 21.5. The van der Waals surface area contributed by atoms with Crippen LogP contribution in [0.5, 0.6) is 0 Å². The first-order chi connectivity index (χ1) is 12.4. The van der Waals surface area contributed by atoms with Crippen molar-refractivity contribution in [3.8, 4) is 11.1 Å². The van der Waals surface area contributed by atoms with Crippen LogP contribution in [0.15, 0.2) is 68.5 Å². The number of halogens is 2. The average molecular weight is 491 g/mol. The van der Waals surface area contributed by atoms with Gasteiger partial charge in [0, 0.05) is 0 Å². The van der Waals surface area contributed by atoms with Gasteiger partial charge in [-0.15, -0.1) is 0 Å². The smallest absolute Gasteiger partial charge is 1.00 e. The third-order valence-corrected chi connectivity index (χ3v) is 15.6. The predicted octanol–water partition coefficient (Wildman–Crippen LogP) is 0.855. The van der Waals surface area contributed by atoms with E-state index in [0.29, 0.717) is 9.54 Å². The summed E-state index contributed by atoms with van der Waals surface area (Å²) < 4.78 is 4.17. The molecule has 0 saturated carbocycles. The third-order valence-electron chi connectivity index (χ3n) is 6.59. The Morgan fingerprint density at radius 3 is 1.61 bits per heavy atom. The van der Waals surface area contributed by atoms with E-state index in [-0.39, 0.29) is 24.8 Å². The standard InChI is InChI=1S/C13H9.C9H13.C3H6.2ClH.Zr/c1-3-7-12-10(5-1)9-11-6-2-4-8-13(11)12;1-6-5-7(2)9(4)8(6)3;1-3-2;;;/h1-9H;6H,1-4H3;1-2H3;2*1H;/q;;;;;+2/p-2. The van der Waals surface area contributed by atoms with Crippen LogP contribution in [0, 0.1) is 5.92 Å². The van der Waals surface area contributed by atoms with Gasteiger partial charge in [-0.3, -0.25) is 0 Å². The molecule has 0 radical (unpaired) electrons. The zero-order valence-electron chi connectivity index (χ0n) is 17.5. The molecule has 4 rings (SSSR count).